The van der Waals surface area contributed by atoms with Crippen molar-refractivity contribution < 1.29 is 23.6 Å². The molecule has 0 radical (unpaired) electrons. The summed E-state index contributed by atoms with van der Waals surface area (Å²) in [5.74, 6) is 2.16. The summed E-state index contributed by atoms with van der Waals surface area (Å²) in [6.45, 7) is 9.14. The van der Waals surface area contributed by atoms with Gasteiger partial charge in [-0.3, -0.25) is 0 Å². The fourth-order valence-electron chi connectivity index (χ4n) is 11.4. The van der Waals surface area contributed by atoms with E-state index in [-0.39, 0.29) is 35.2 Å². The van der Waals surface area contributed by atoms with Crippen molar-refractivity contribution in [1.29, 1.82) is 0 Å². The molecule has 0 aromatic heterocycles. The van der Waals surface area contributed by atoms with Crippen LogP contribution in [-0.2, 0) is 23.6 Å². The van der Waals surface area contributed by atoms with Crippen LogP contribution in [0, 0.1) is 0 Å². The van der Waals surface area contributed by atoms with Gasteiger partial charge in [0, 0.05) is 0 Å². The molecule has 0 fully saturated rings. The molecular formula is C72H142O6S3Sn. The molecule has 0 aliphatic heterocycles. The minimum Gasteiger partial charge on any atom is -0.0654 e. The number of unbranched alkanes of at least 4 members (excludes halogenated alkanes) is 54. The van der Waals surface area contributed by atoms with Crippen molar-refractivity contribution in [2.24, 2.45) is 0 Å². The SMILES string of the molecule is CCCCCCCCCCCCCCCCCCSCC(=O)[O][Sn]([CH2]CCCCCCCCCCC)([O]C(=O)CSCCCCCCCCCCCCCCCCCC)[O]C(=O)CSCCCCCCCCCCCCCCCCCC. The molecule has 0 spiro atoms. The van der Waals surface area contributed by atoms with Gasteiger partial charge in [-0.15, -0.1) is 0 Å². The maximum atomic E-state index is 13.8. The minimum absolute atomic E-state index is 0.201. The van der Waals surface area contributed by atoms with Crippen molar-refractivity contribution in [3.05, 3.63) is 0 Å². The first-order valence-electron chi connectivity index (χ1n) is 36.8. The zero-order valence-corrected chi connectivity index (χ0v) is 60.9. The summed E-state index contributed by atoms with van der Waals surface area (Å²) in [4.78, 5) is 41.3. The molecule has 82 heavy (non-hydrogen) atoms. The van der Waals surface area contributed by atoms with Gasteiger partial charge in [-0.2, -0.15) is 0 Å². The Labute approximate surface area is 531 Å². The number of carbonyl (C=O) groups excluding carboxylic acids is 3. The second kappa shape index (κ2) is 70.3. The quantitative estimate of drug-likeness (QED) is 0.0437. The normalized spacial score (nSPS) is 11.7. The van der Waals surface area contributed by atoms with Crippen molar-refractivity contribution in [3.63, 3.8) is 0 Å². The Balaban J connectivity index is 5.16. The van der Waals surface area contributed by atoms with Crippen LogP contribution in [0.15, 0.2) is 0 Å². The van der Waals surface area contributed by atoms with E-state index in [4.69, 9.17) is 9.22 Å². The van der Waals surface area contributed by atoms with Crippen molar-refractivity contribution >= 4 is 72.8 Å². The van der Waals surface area contributed by atoms with Crippen molar-refractivity contribution in [1.82, 2.24) is 0 Å². The van der Waals surface area contributed by atoms with Gasteiger partial charge in [-0.1, -0.05) is 194 Å². The molecule has 0 heterocycles. The van der Waals surface area contributed by atoms with Gasteiger partial charge in [0.15, 0.2) is 0 Å². The van der Waals surface area contributed by atoms with E-state index >= 15 is 0 Å². The number of carbonyl (C=O) groups is 3. The molecule has 0 bridgehead atoms. The molecular weight excluding hydrogens is 1180 g/mol. The number of hydrogen-bond acceptors (Lipinski definition) is 9. The van der Waals surface area contributed by atoms with E-state index < -0.39 is 19.6 Å². The smallest absolute Gasteiger partial charge is 0.0654 e. The Hall–Kier alpha value is 0.259. The van der Waals surface area contributed by atoms with Crippen molar-refractivity contribution in [2.45, 2.75) is 405 Å². The van der Waals surface area contributed by atoms with Crippen LogP contribution in [0.1, 0.15) is 400 Å². The summed E-state index contributed by atoms with van der Waals surface area (Å²) in [5.41, 5.74) is 0. The Morgan fingerprint density at radius 1 is 0.220 bits per heavy atom. The minimum atomic E-state index is -5.02. The van der Waals surface area contributed by atoms with E-state index in [1.807, 2.05) is 0 Å². The standard InChI is InChI=1S/3C20H40O2S.C12H25.Sn/c3*1-2-3-4-5-6-7-8-9-10-11-12-13-14-15-16-17-18-23-19-20(21)22;1-3-5-7-9-11-12-10-8-6-4-2;/h3*2-19H2,1H3,(H,21,22);1,3-12H2,2H3;/q;;;;+3/p-3. The molecule has 6 nitrogen and oxygen atoms in total. The molecule has 488 valence electrons. The van der Waals surface area contributed by atoms with Crippen LogP contribution in [0.2, 0.25) is 4.44 Å². The molecule has 10 heteroatoms. The van der Waals surface area contributed by atoms with Crippen LogP contribution in [0.25, 0.3) is 0 Å². The van der Waals surface area contributed by atoms with Crippen LogP contribution in [0.4, 0.5) is 0 Å². The second-order valence-electron chi connectivity index (χ2n) is 25.1. The average Bonchev–Trinajstić information content (AvgIpc) is 3.64. The molecule has 0 atom stereocenters. The van der Waals surface area contributed by atoms with E-state index in [0.29, 0.717) is 4.44 Å². The summed E-state index contributed by atoms with van der Waals surface area (Å²) >= 11 is -0.192. The van der Waals surface area contributed by atoms with Gasteiger partial charge in [0.1, 0.15) is 0 Å². The zero-order valence-electron chi connectivity index (χ0n) is 55.6. The zero-order chi connectivity index (χ0) is 59.4. The molecule has 0 rings (SSSR count). The molecule has 0 aromatic carbocycles. The van der Waals surface area contributed by atoms with E-state index in [9.17, 15) is 14.4 Å². The van der Waals surface area contributed by atoms with Crippen LogP contribution >= 0.6 is 35.3 Å². The topological polar surface area (TPSA) is 78.9 Å². The van der Waals surface area contributed by atoms with Crippen molar-refractivity contribution in [2.75, 3.05) is 34.5 Å². The first kappa shape index (κ1) is 82.3. The Kier molecular flexibility index (Phi) is 70.6. The predicted molar refractivity (Wildman–Crippen MR) is 371 cm³/mol. The van der Waals surface area contributed by atoms with Gasteiger partial charge >= 0.3 is 341 Å². The molecule has 0 N–H and O–H groups in total. The summed E-state index contributed by atoms with van der Waals surface area (Å²) in [6, 6.07) is 0. The third-order valence-corrected chi connectivity index (χ3v) is 27.2. The molecule has 0 saturated carbocycles. The van der Waals surface area contributed by atoms with Gasteiger partial charge in [-0.05, 0) is 0 Å². The fourth-order valence-corrected chi connectivity index (χ4v) is 21.4. The molecule has 0 amide bonds. The third kappa shape index (κ3) is 64.7. The van der Waals surface area contributed by atoms with Gasteiger partial charge in [0.25, 0.3) is 0 Å². The Bertz CT molecular complexity index is 1160. The van der Waals surface area contributed by atoms with Gasteiger partial charge in [0.05, 0.1) is 0 Å². The number of hydrogen-bond donors (Lipinski definition) is 0. The van der Waals surface area contributed by atoms with Crippen LogP contribution in [0.3, 0.4) is 0 Å². The predicted octanol–water partition coefficient (Wildman–Crippen LogP) is 25.5. The van der Waals surface area contributed by atoms with Gasteiger partial charge in [0.2, 0.25) is 0 Å². The van der Waals surface area contributed by atoms with Gasteiger partial charge < -0.3 is 0 Å². The van der Waals surface area contributed by atoms with Crippen LogP contribution < -0.4 is 0 Å². The maximum absolute atomic E-state index is 13.8. The molecule has 0 aliphatic rings. The number of thioether (sulfide) groups is 3. The average molecular weight is 1320 g/mol. The van der Waals surface area contributed by atoms with Crippen LogP contribution in [-0.4, -0.2) is 72.0 Å². The Morgan fingerprint density at radius 2 is 0.366 bits per heavy atom. The first-order valence-corrected chi connectivity index (χ1v) is 45.8. The number of rotatable bonds is 71. The van der Waals surface area contributed by atoms with Crippen LogP contribution in [0.5, 0.6) is 0 Å². The summed E-state index contributed by atoms with van der Waals surface area (Å²) < 4.78 is 19.3. The molecule has 0 saturated heterocycles. The molecule has 0 aromatic rings. The van der Waals surface area contributed by atoms with Crippen molar-refractivity contribution in [3.8, 4) is 0 Å². The second-order valence-corrected chi connectivity index (χ2v) is 35.5. The first-order chi connectivity index (χ1) is 40.4. The van der Waals surface area contributed by atoms with E-state index in [1.54, 1.807) is 35.3 Å². The third-order valence-electron chi connectivity index (χ3n) is 16.7. The molecule has 0 unspecified atom stereocenters. The fraction of sp³-hybridized carbons (Fsp3) is 0.958. The van der Waals surface area contributed by atoms with E-state index in [2.05, 4.69) is 27.7 Å². The van der Waals surface area contributed by atoms with E-state index in [1.165, 1.54) is 334 Å². The monoisotopic (exact) mass is 1320 g/mol. The Morgan fingerprint density at radius 3 is 0.537 bits per heavy atom. The summed E-state index contributed by atoms with van der Waals surface area (Å²) in [6.07, 6.45) is 76.2. The molecule has 0 aliphatic carbocycles. The van der Waals surface area contributed by atoms with E-state index in [0.717, 1.165) is 55.8 Å². The van der Waals surface area contributed by atoms with Gasteiger partial charge in [-0.25, -0.2) is 0 Å². The summed E-state index contributed by atoms with van der Waals surface area (Å²) in [5, 5.41) is 0. The summed E-state index contributed by atoms with van der Waals surface area (Å²) in [7, 11) is 0.